The Balaban J connectivity index is 0.831. The molecule has 6 heterocycles. The van der Waals surface area contributed by atoms with E-state index in [-0.39, 0.29) is 29.6 Å². The first-order valence-electron chi connectivity index (χ1n) is 20.4. The molecule has 0 radical (unpaired) electrons. The SMILES string of the molecule is CCn1c(=O)c2cnc(Nc3ccc(C4CCN(CC5CCN(c6ccc(N[C@@H]7CCC(=O)NC7=O)cc6F)CC5)CC4)cc3)nc2n1-c1cccc(C(C)(C)O)n1. The van der Waals surface area contributed by atoms with Gasteiger partial charge in [-0.1, -0.05) is 18.2 Å². The second-order valence-corrected chi connectivity index (χ2v) is 16.3. The summed E-state index contributed by atoms with van der Waals surface area (Å²) in [5, 5.41) is 19.7. The van der Waals surface area contributed by atoms with Gasteiger partial charge < -0.3 is 25.5 Å². The number of fused-ring (bicyclic) bond motifs is 1. The number of anilines is 4. The van der Waals surface area contributed by atoms with Gasteiger partial charge in [-0.25, -0.2) is 23.7 Å². The van der Waals surface area contributed by atoms with E-state index in [0.717, 1.165) is 64.1 Å². The lowest BCUT2D eigenvalue weighted by Crippen LogP contribution is -2.47. The molecule has 0 spiro atoms. The molecule has 0 bridgehead atoms. The number of pyridine rings is 1. The van der Waals surface area contributed by atoms with Crippen LogP contribution in [0, 0.1) is 11.7 Å². The molecule has 3 saturated heterocycles. The average molecular weight is 791 g/mol. The molecule has 3 aliphatic rings. The number of rotatable bonds is 11. The summed E-state index contributed by atoms with van der Waals surface area (Å²) in [5.41, 5.74) is 2.83. The molecule has 304 valence electrons. The van der Waals surface area contributed by atoms with E-state index in [9.17, 15) is 19.5 Å². The highest BCUT2D eigenvalue weighted by Crippen LogP contribution is 2.32. The molecule has 15 heteroatoms. The second-order valence-electron chi connectivity index (χ2n) is 16.3. The number of likely N-dealkylation sites (tertiary alicyclic amines) is 1. The number of aromatic nitrogens is 5. The van der Waals surface area contributed by atoms with Gasteiger partial charge in [0.25, 0.3) is 5.56 Å². The third-order valence-electron chi connectivity index (χ3n) is 11.8. The van der Waals surface area contributed by atoms with Gasteiger partial charge in [-0.2, -0.15) is 4.98 Å². The first-order valence-corrected chi connectivity index (χ1v) is 20.4. The van der Waals surface area contributed by atoms with Crippen LogP contribution < -0.4 is 26.4 Å². The van der Waals surface area contributed by atoms with Crippen molar-refractivity contribution in [3.8, 4) is 5.82 Å². The summed E-state index contributed by atoms with van der Waals surface area (Å²) in [7, 11) is 0. The number of amides is 2. The average Bonchev–Trinajstić information content (AvgIpc) is 3.50. The number of nitrogens with zero attached hydrogens (tertiary/aromatic N) is 7. The Hall–Kier alpha value is -5.67. The predicted octanol–water partition coefficient (Wildman–Crippen LogP) is 5.42. The molecule has 4 N–H and O–H groups in total. The number of nitrogens with one attached hydrogen (secondary N) is 3. The van der Waals surface area contributed by atoms with Gasteiger partial charge >= 0.3 is 0 Å². The van der Waals surface area contributed by atoms with Crippen LogP contribution in [-0.4, -0.2) is 84.9 Å². The van der Waals surface area contributed by atoms with Crippen molar-refractivity contribution in [2.75, 3.05) is 48.3 Å². The maximum Gasteiger partial charge on any atom is 0.278 e. The lowest BCUT2D eigenvalue weighted by Gasteiger charge is -2.38. The number of halogens is 1. The fourth-order valence-electron chi connectivity index (χ4n) is 8.51. The molecule has 2 amide bonds. The molecule has 8 rings (SSSR count). The van der Waals surface area contributed by atoms with Crippen molar-refractivity contribution in [3.05, 3.63) is 94.3 Å². The molecule has 1 atom stereocenters. The molecule has 0 unspecified atom stereocenters. The zero-order valence-electron chi connectivity index (χ0n) is 33.2. The Labute approximate surface area is 336 Å². The summed E-state index contributed by atoms with van der Waals surface area (Å²) in [6, 6.07) is 18.3. The molecule has 0 saturated carbocycles. The second kappa shape index (κ2) is 16.3. The largest absolute Gasteiger partial charge is 0.384 e. The number of aliphatic hydroxyl groups is 1. The molecule has 14 nitrogen and oxygen atoms in total. The minimum Gasteiger partial charge on any atom is -0.384 e. The van der Waals surface area contributed by atoms with Crippen LogP contribution in [0.15, 0.2) is 71.7 Å². The summed E-state index contributed by atoms with van der Waals surface area (Å²) < 4.78 is 18.5. The van der Waals surface area contributed by atoms with Crippen molar-refractivity contribution in [1.29, 1.82) is 0 Å². The number of hydrogen-bond donors (Lipinski definition) is 4. The maximum atomic E-state index is 15.2. The highest BCUT2D eigenvalue weighted by Gasteiger charge is 2.29. The van der Waals surface area contributed by atoms with E-state index in [1.165, 1.54) is 11.6 Å². The fourth-order valence-corrected chi connectivity index (χ4v) is 8.51. The Morgan fingerprint density at radius 3 is 2.34 bits per heavy atom. The monoisotopic (exact) mass is 790 g/mol. The maximum absolute atomic E-state index is 15.2. The number of carbonyl (C=O) groups excluding carboxylic acids is 2. The normalized spacial score (nSPS) is 18.8. The molecule has 0 aliphatic carbocycles. The summed E-state index contributed by atoms with van der Waals surface area (Å²) >= 11 is 0. The lowest BCUT2D eigenvalue weighted by atomic mass is 9.88. The van der Waals surface area contributed by atoms with E-state index in [4.69, 9.17) is 4.98 Å². The Morgan fingerprint density at radius 2 is 1.66 bits per heavy atom. The molecule has 5 aromatic rings. The Kier molecular flexibility index (Phi) is 11.0. The Bertz CT molecular complexity index is 2360. The summed E-state index contributed by atoms with van der Waals surface area (Å²) in [4.78, 5) is 55.4. The van der Waals surface area contributed by atoms with Crippen LogP contribution >= 0.6 is 0 Å². The number of carbonyl (C=O) groups is 2. The fraction of sp³-hybridized carbons (Fsp3) is 0.442. The number of hydrogen-bond acceptors (Lipinski definition) is 11. The van der Waals surface area contributed by atoms with Crippen LogP contribution in [0.25, 0.3) is 16.9 Å². The predicted molar refractivity (Wildman–Crippen MR) is 221 cm³/mol. The van der Waals surface area contributed by atoms with E-state index in [2.05, 4.69) is 47.9 Å². The van der Waals surface area contributed by atoms with Gasteiger partial charge in [-0.05, 0) is 126 Å². The van der Waals surface area contributed by atoms with E-state index in [1.807, 2.05) is 31.2 Å². The molecule has 3 aromatic heterocycles. The van der Waals surface area contributed by atoms with E-state index < -0.39 is 11.6 Å². The first-order chi connectivity index (χ1) is 27.9. The smallest absolute Gasteiger partial charge is 0.278 e. The zero-order chi connectivity index (χ0) is 40.6. The van der Waals surface area contributed by atoms with Gasteiger partial charge in [0.05, 0.1) is 11.4 Å². The number of imide groups is 1. The van der Waals surface area contributed by atoms with Crippen molar-refractivity contribution >= 4 is 45.9 Å². The van der Waals surface area contributed by atoms with Crippen LogP contribution in [0.1, 0.15) is 76.5 Å². The van der Waals surface area contributed by atoms with Gasteiger partial charge in [0.15, 0.2) is 11.5 Å². The molecule has 3 aliphatic heterocycles. The van der Waals surface area contributed by atoms with Crippen LogP contribution in [0.3, 0.4) is 0 Å². The van der Waals surface area contributed by atoms with E-state index in [0.29, 0.717) is 64.7 Å². The van der Waals surface area contributed by atoms with Crippen molar-refractivity contribution in [3.63, 3.8) is 0 Å². The highest BCUT2D eigenvalue weighted by molar-refractivity contribution is 6.01. The quantitative estimate of drug-likeness (QED) is 0.127. The van der Waals surface area contributed by atoms with Crippen LogP contribution in [0.4, 0.5) is 27.4 Å². The van der Waals surface area contributed by atoms with Crippen molar-refractivity contribution in [2.24, 2.45) is 5.92 Å². The number of piperidine rings is 3. The zero-order valence-corrected chi connectivity index (χ0v) is 33.2. The van der Waals surface area contributed by atoms with E-state index >= 15 is 4.39 Å². The molecular weight excluding hydrogens is 740 g/mol. The van der Waals surface area contributed by atoms with Gasteiger partial charge in [0, 0.05) is 50.2 Å². The van der Waals surface area contributed by atoms with Gasteiger partial charge in [-0.3, -0.25) is 19.7 Å². The van der Waals surface area contributed by atoms with Crippen LogP contribution in [-0.2, 0) is 21.7 Å². The molecule has 3 fully saturated rings. The molecule has 2 aromatic carbocycles. The summed E-state index contributed by atoms with van der Waals surface area (Å²) in [5.74, 6) is 0.936. The van der Waals surface area contributed by atoms with E-state index in [1.54, 1.807) is 47.6 Å². The molecule has 58 heavy (non-hydrogen) atoms. The first kappa shape index (κ1) is 39.2. The van der Waals surface area contributed by atoms with Crippen LogP contribution in [0.5, 0.6) is 0 Å². The lowest BCUT2D eigenvalue weighted by molar-refractivity contribution is -0.133. The van der Waals surface area contributed by atoms with Crippen molar-refractivity contribution in [2.45, 2.75) is 83.4 Å². The molecular formula is C43H51FN10O4. The summed E-state index contributed by atoms with van der Waals surface area (Å²) in [6.07, 6.45) is 6.40. The minimum absolute atomic E-state index is 0.209. The third kappa shape index (κ3) is 8.32. The minimum atomic E-state index is -1.15. The third-order valence-corrected chi connectivity index (χ3v) is 11.8. The standard InChI is InChI=1S/C43H51FN10O4/c1-4-53-41(57)32-25-45-42(50-39(32)54(53)37-7-5-6-36(48-37)43(2,3)58)47-30-10-8-28(9-11-30)29-18-20-51(21-19-29)26-27-16-22-52(23-17-27)35-14-12-31(24-33(35)44)46-34-13-15-38(55)49-40(34)56/h5-12,14,24-25,27,29,34,46,58H,4,13,15-23,26H2,1-3H3,(H,45,47,50)(H,49,55,56)/t34-/m1/s1. The Morgan fingerprint density at radius 1 is 0.914 bits per heavy atom. The van der Waals surface area contributed by atoms with Crippen LogP contribution in [0.2, 0.25) is 0 Å². The van der Waals surface area contributed by atoms with Gasteiger partial charge in [0.2, 0.25) is 17.8 Å². The van der Waals surface area contributed by atoms with Gasteiger partial charge in [0.1, 0.15) is 22.8 Å². The summed E-state index contributed by atoms with van der Waals surface area (Å²) in [6.45, 7) is 10.4. The number of benzene rings is 2. The van der Waals surface area contributed by atoms with Gasteiger partial charge in [-0.15, -0.1) is 0 Å². The van der Waals surface area contributed by atoms with Crippen molar-refractivity contribution < 1.29 is 19.1 Å². The van der Waals surface area contributed by atoms with Crippen molar-refractivity contribution in [1.82, 2.24) is 34.5 Å². The topological polar surface area (TPSA) is 163 Å². The highest BCUT2D eigenvalue weighted by atomic mass is 19.1.